The molecule has 0 unspecified atom stereocenters. The van der Waals surface area contributed by atoms with E-state index in [1.165, 1.54) is 17.8 Å². The van der Waals surface area contributed by atoms with E-state index in [0.717, 1.165) is 28.7 Å². The van der Waals surface area contributed by atoms with Crippen LogP contribution in [0.4, 0.5) is 5.69 Å². The Morgan fingerprint density at radius 3 is 2.79 bits per heavy atom. The van der Waals surface area contributed by atoms with Crippen LogP contribution >= 0.6 is 0 Å². The average molecular weight is 394 g/mol. The van der Waals surface area contributed by atoms with Gasteiger partial charge >= 0.3 is 5.69 Å². The first-order valence-corrected chi connectivity index (χ1v) is 9.62. The highest BCUT2D eigenvalue weighted by Gasteiger charge is 2.24. The minimum atomic E-state index is -0.581. The summed E-state index contributed by atoms with van der Waals surface area (Å²) in [5, 5.41) is 0.197. The number of rotatable bonds is 4. The van der Waals surface area contributed by atoms with Crippen molar-refractivity contribution in [3.8, 4) is 5.75 Å². The molecule has 0 saturated carbocycles. The molecule has 0 atom stereocenters. The molecule has 3 heterocycles. The molecule has 1 amide bonds. The first kappa shape index (κ1) is 18.9. The van der Waals surface area contributed by atoms with Gasteiger partial charge in [0.1, 0.15) is 17.7 Å². The largest absolute Gasteiger partial charge is 0.493 e. The molecule has 2 aromatic heterocycles. The molecule has 1 aliphatic rings. The van der Waals surface area contributed by atoms with Crippen LogP contribution in [-0.4, -0.2) is 33.2 Å². The van der Waals surface area contributed by atoms with E-state index in [1.54, 1.807) is 11.0 Å². The van der Waals surface area contributed by atoms with Gasteiger partial charge in [-0.25, -0.2) is 14.3 Å². The zero-order valence-corrected chi connectivity index (χ0v) is 16.4. The van der Waals surface area contributed by atoms with E-state index in [1.807, 2.05) is 31.2 Å². The molecule has 0 radical (unpaired) electrons. The predicted molar refractivity (Wildman–Crippen MR) is 110 cm³/mol. The van der Waals surface area contributed by atoms with Crippen molar-refractivity contribution in [3.63, 3.8) is 0 Å². The van der Waals surface area contributed by atoms with Gasteiger partial charge in [0, 0.05) is 25.5 Å². The number of para-hydroxylation sites is 1. The van der Waals surface area contributed by atoms with Crippen molar-refractivity contribution in [2.45, 2.75) is 26.3 Å². The van der Waals surface area contributed by atoms with Gasteiger partial charge in [0.05, 0.1) is 6.61 Å². The number of ether oxygens (including phenoxy) is 1. The second-order valence-corrected chi connectivity index (χ2v) is 6.95. The van der Waals surface area contributed by atoms with Crippen LogP contribution in [0.25, 0.3) is 11.0 Å². The number of benzene rings is 1. The fourth-order valence-electron chi connectivity index (χ4n) is 3.81. The molecule has 8 heteroatoms. The molecule has 0 bridgehead atoms. The molecular formula is C21H22N4O4. The van der Waals surface area contributed by atoms with Crippen molar-refractivity contribution >= 4 is 22.6 Å². The Balaban J connectivity index is 1.79. The monoisotopic (exact) mass is 394 g/mol. The average Bonchev–Trinajstić information content (AvgIpc) is 2.74. The lowest BCUT2D eigenvalue weighted by molar-refractivity contribution is -0.119. The molecule has 0 aliphatic carbocycles. The van der Waals surface area contributed by atoms with Gasteiger partial charge in [-0.3, -0.25) is 14.2 Å². The molecule has 8 nitrogen and oxygen atoms in total. The summed E-state index contributed by atoms with van der Waals surface area (Å²) in [5.74, 6) is 0.0557. The number of amides is 1. The van der Waals surface area contributed by atoms with Crippen molar-refractivity contribution in [2.75, 3.05) is 18.1 Å². The maximum absolute atomic E-state index is 13.1. The minimum Gasteiger partial charge on any atom is -0.493 e. The minimum absolute atomic E-state index is 0.197. The van der Waals surface area contributed by atoms with Gasteiger partial charge in [0.2, 0.25) is 5.91 Å². The number of nitrogens with zero attached hydrogens (tertiary/aromatic N) is 4. The van der Waals surface area contributed by atoms with E-state index in [-0.39, 0.29) is 23.5 Å². The SMILES string of the molecule is CCOc1ccnc2c1c(=O)n(CC(=O)N1CCCc3ccccc31)c(=O)n2C. The van der Waals surface area contributed by atoms with E-state index in [9.17, 15) is 14.4 Å². The summed E-state index contributed by atoms with van der Waals surface area (Å²) in [6.07, 6.45) is 3.24. The van der Waals surface area contributed by atoms with Crippen LogP contribution in [0.5, 0.6) is 5.75 Å². The summed E-state index contributed by atoms with van der Waals surface area (Å²) in [7, 11) is 1.53. The highest BCUT2D eigenvalue weighted by atomic mass is 16.5. The van der Waals surface area contributed by atoms with E-state index in [2.05, 4.69) is 4.98 Å². The normalized spacial score (nSPS) is 13.4. The number of hydrogen-bond donors (Lipinski definition) is 0. The van der Waals surface area contributed by atoms with E-state index in [4.69, 9.17) is 4.74 Å². The van der Waals surface area contributed by atoms with Gasteiger partial charge in [-0.2, -0.15) is 0 Å². The van der Waals surface area contributed by atoms with E-state index >= 15 is 0 Å². The van der Waals surface area contributed by atoms with Crippen LogP contribution in [0, 0.1) is 0 Å². The number of carbonyl (C=O) groups is 1. The fraction of sp³-hybridized carbons (Fsp3) is 0.333. The Kier molecular flexibility index (Phi) is 4.92. The fourth-order valence-corrected chi connectivity index (χ4v) is 3.81. The van der Waals surface area contributed by atoms with Crippen molar-refractivity contribution in [1.29, 1.82) is 0 Å². The maximum Gasteiger partial charge on any atom is 0.332 e. The third-order valence-electron chi connectivity index (χ3n) is 5.19. The summed E-state index contributed by atoms with van der Waals surface area (Å²) < 4.78 is 7.79. The van der Waals surface area contributed by atoms with Gasteiger partial charge in [0.25, 0.3) is 5.56 Å². The number of fused-ring (bicyclic) bond motifs is 2. The number of anilines is 1. The second-order valence-electron chi connectivity index (χ2n) is 6.95. The van der Waals surface area contributed by atoms with Crippen LogP contribution in [0.15, 0.2) is 46.1 Å². The molecule has 4 rings (SSSR count). The molecule has 1 aliphatic heterocycles. The Morgan fingerprint density at radius 1 is 1.21 bits per heavy atom. The molecule has 1 aromatic carbocycles. The smallest absolute Gasteiger partial charge is 0.332 e. The van der Waals surface area contributed by atoms with Crippen LogP contribution in [0.2, 0.25) is 0 Å². The van der Waals surface area contributed by atoms with Gasteiger partial charge in [-0.05, 0) is 37.5 Å². The Bertz CT molecular complexity index is 1210. The lowest BCUT2D eigenvalue weighted by Gasteiger charge is -2.29. The van der Waals surface area contributed by atoms with Crippen LogP contribution in [0.1, 0.15) is 18.9 Å². The van der Waals surface area contributed by atoms with Crippen molar-refractivity contribution < 1.29 is 9.53 Å². The first-order valence-electron chi connectivity index (χ1n) is 9.62. The zero-order chi connectivity index (χ0) is 20.5. The number of aryl methyl sites for hydroxylation is 2. The molecule has 0 spiro atoms. The quantitative estimate of drug-likeness (QED) is 0.669. The third-order valence-corrected chi connectivity index (χ3v) is 5.19. The molecule has 0 fully saturated rings. The molecule has 3 aromatic rings. The van der Waals surface area contributed by atoms with Crippen LogP contribution in [0.3, 0.4) is 0 Å². The van der Waals surface area contributed by atoms with Crippen LogP contribution in [-0.2, 0) is 24.8 Å². The Hall–Kier alpha value is -3.42. The number of carbonyl (C=O) groups excluding carboxylic acids is 1. The van der Waals surface area contributed by atoms with Gasteiger partial charge in [0.15, 0.2) is 5.65 Å². The summed E-state index contributed by atoms with van der Waals surface area (Å²) in [5.41, 5.74) is 1.01. The second kappa shape index (κ2) is 7.54. The van der Waals surface area contributed by atoms with E-state index < -0.39 is 11.2 Å². The molecule has 29 heavy (non-hydrogen) atoms. The lowest BCUT2D eigenvalue weighted by atomic mass is 10.0. The highest BCUT2D eigenvalue weighted by molar-refractivity contribution is 5.94. The summed E-state index contributed by atoms with van der Waals surface area (Å²) in [6.45, 7) is 2.40. The van der Waals surface area contributed by atoms with Crippen LogP contribution < -0.4 is 20.9 Å². The van der Waals surface area contributed by atoms with E-state index in [0.29, 0.717) is 18.9 Å². The third kappa shape index (κ3) is 3.20. The Labute approximate surface area is 167 Å². The van der Waals surface area contributed by atoms with Crippen molar-refractivity contribution in [2.24, 2.45) is 7.05 Å². The molecule has 0 N–H and O–H groups in total. The predicted octanol–water partition coefficient (Wildman–Crippen LogP) is 1.47. The molecular weight excluding hydrogens is 372 g/mol. The summed E-state index contributed by atoms with van der Waals surface area (Å²) >= 11 is 0. The summed E-state index contributed by atoms with van der Waals surface area (Å²) in [4.78, 5) is 44.8. The van der Waals surface area contributed by atoms with Gasteiger partial charge < -0.3 is 9.64 Å². The highest BCUT2D eigenvalue weighted by Crippen LogP contribution is 2.27. The van der Waals surface area contributed by atoms with Crippen molar-refractivity contribution in [3.05, 3.63) is 62.9 Å². The number of aromatic nitrogens is 3. The number of hydrogen-bond acceptors (Lipinski definition) is 5. The lowest BCUT2D eigenvalue weighted by Crippen LogP contribution is -2.45. The topological polar surface area (TPSA) is 86.4 Å². The standard InChI is InChI=1S/C21H22N4O4/c1-3-29-16-10-11-22-19-18(16)20(27)25(21(28)23(19)2)13-17(26)24-12-6-8-14-7-4-5-9-15(14)24/h4-5,7,9-11H,3,6,8,12-13H2,1-2H3. The first-order chi connectivity index (χ1) is 14.0. The van der Waals surface area contributed by atoms with Gasteiger partial charge in [-0.1, -0.05) is 18.2 Å². The maximum atomic E-state index is 13.1. The van der Waals surface area contributed by atoms with Crippen molar-refractivity contribution in [1.82, 2.24) is 14.1 Å². The molecule has 150 valence electrons. The zero-order valence-electron chi connectivity index (χ0n) is 16.4. The Morgan fingerprint density at radius 2 is 2.00 bits per heavy atom. The molecule has 0 saturated heterocycles. The summed E-state index contributed by atoms with van der Waals surface area (Å²) in [6, 6.07) is 9.30. The van der Waals surface area contributed by atoms with Gasteiger partial charge in [-0.15, -0.1) is 0 Å². The number of pyridine rings is 1.